The summed E-state index contributed by atoms with van der Waals surface area (Å²) in [5, 5.41) is 6.87. The molecule has 1 N–H and O–H groups in total. The number of carbonyl (C=O) groups excluding carboxylic acids is 1. The number of halogens is 3. The molecule has 0 aliphatic rings. The molecule has 1 amide bonds. The largest absolute Gasteiger partial charge is 0.416 e. The number of amides is 1. The van der Waals surface area contributed by atoms with Crippen molar-refractivity contribution in [2.75, 3.05) is 5.32 Å². The second kappa shape index (κ2) is 6.32. The molecule has 0 unspecified atom stereocenters. The number of aromatic nitrogens is 3. The van der Waals surface area contributed by atoms with E-state index in [4.69, 9.17) is 0 Å². The lowest BCUT2D eigenvalue weighted by Gasteiger charge is -2.11. The molecule has 0 saturated carbocycles. The molecule has 9 heteroatoms. The summed E-state index contributed by atoms with van der Waals surface area (Å²) in [7, 11) is 0. The standard InChI is InChI=1S/C16H13F3N4OS/c1-9-6-13(21-15(24)14-10(2)20-8-25-14)23(22-9)12-5-3-4-11(7-12)16(17,18)19/h3-8H,1-2H3,(H,21,24). The number of hydrogen-bond acceptors (Lipinski definition) is 4. The molecule has 0 aliphatic heterocycles. The Kier molecular flexibility index (Phi) is 4.34. The van der Waals surface area contributed by atoms with Crippen LogP contribution in [0.1, 0.15) is 26.6 Å². The van der Waals surface area contributed by atoms with Gasteiger partial charge in [0.2, 0.25) is 0 Å². The van der Waals surface area contributed by atoms with Crippen LogP contribution in [0, 0.1) is 13.8 Å². The molecule has 3 aromatic rings. The fourth-order valence-corrected chi connectivity index (χ4v) is 2.99. The number of hydrogen-bond donors (Lipinski definition) is 1. The first-order valence-corrected chi connectivity index (χ1v) is 8.09. The van der Waals surface area contributed by atoms with Gasteiger partial charge in [0.25, 0.3) is 5.91 Å². The molecular weight excluding hydrogens is 353 g/mol. The molecule has 2 heterocycles. The van der Waals surface area contributed by atoms with Crippen LogP contribution in [0.15, 0.2) is 35.8 Å². The van der Waals surface area contributed by atoms with Crippen molar-refractivity contribution in [1.82, 2.24) is 14.8 Å². The highest BCUT2D eigenvalue weighted by atomic mass is 32.1. The molecule has 5 nitrogen and oxygen atoms in total. The van der Waals surface area contributed by atoms with Gasteiger partial charge in [0, 0.05) is 6.07 Å². The van der Waals surface area contributed by atoms with E-state index in [1.807, 2.05) is 0 Å². The van der Waals surface area contributed by atoms with E-state index in [9.17, 15) is 18.0 Å². The van der Waals surface area contributed by atoms with Crippen LogP contribution in [0.4, 0.5) is 19.0 Å². The lowest BCUT2D eigenvalue weighted by molar-refractivity contribution is -0.137. The van der Waals surface area contributed by atoms with Gasteiger partial charge in [-0.25, -0.2) is 9.67 Å². The monoisotopic (exact) mass is 366 g/mol. The van der Waals surface area contributed by atoms with Crippen molar-refractivity contribution >= 4 is 23.1 Å². The van der Waals surface area contributed by atoms with Crippen LogP contribution in [0.5, 0.6) is 0 Å². The van der Waals surface area contributed by atoms with Gasteiger partial charge in [-0.05, 0) is 32.0 Å². The minimum atomic E-state index is -4.46. The van der Waals surface area contributed by atoms with Gasteiger partial charge in [0.15, 0.2) is 0 Å². The maximum atomic E-state index is 12.9. The number of aryl methyl sites for hydroxylation is 2. The Balaban J connectivity index is 1.97. The van der Waals surface area contributed by atoms with Gasteiger partial charge in [-0.15, -0.1) is 11.3 Å². The predicted molar refractivity (Wildman–Crippen MR) is 88.1 cm³/mol. The van der Waals surface area contributed by atoms with E-state index < -0.39 is 11.7 Å². The fraction of sp³-hybridized carbons (Fsp3) is 0.188. The third-order valence-electron chi connectivity index (χ3n) is 3.44. The first-order valence-electron chi connectivity index (χ1n) is 7.21. The number of nitrogens with zero attached hydrogens (tertiary/aromatic N) is 3. The third-order valence-corrected chi connectivity index (χ3v) is 4.37. The second-order valence-corrected chi connectivity index (χ2v) is 6.21. The van der Waals surface area contributed by atoms with Crippen LogP contribution in [-0.2, 0) is 6.18 Å². The molecule has 0 saturated heterocycles. The highest BCUT2D eigenvalue weighted by Crippen LogP contribution is 2.31. The zero-order valence-corrected chi connectivity index (χ0v) is 14.1. The Morgan fingerprint density at radius 2 is 2.00 bits per heavy atom. The summed E-state index contributed by atoms with van der Waals surface area (Å²) >= 11 is 1.19. The Labute approximate surface area is 145 Å². The van der Waals surface area contributed by atoms with Crippen molar-refractivity contribution in [2.45, 2.75) is 20.0 Å². The van der Waals surface area contributed by atoms with E-state index >= 15 is 0 Å². The van der Waals surface area contributed by atoms with Crippen molar-refractivity contribution in [3.63, 3.8) is 0 Å². The van der Waals surface area contributed by atoms with Gasteiger partial charge in [-0.3, -0.25) is 4.79 Å². The Bertz CT molecular complexity index is 930. The molecule has 0 bridgehead atoms. The van der Waals surface area contributed by atoms with E-state index in [-0.39, 0.29) is 17.4 Å². The second-order valence-electron chi connectivity index (χ2n) is 5.35. The van der Waals surface area contributed by atoms with Gasteiger partial charge < -0.3 is 5.32 Å². The zero-order chi connectivity index (χ0) is 18.2. The molecule has 0 aliphatic carbocycles. The lowest BCUT2D eigenvalue weighted by atomic mass is 10.2. The molecule has 0 spiro atoms. The maximum absolute atomic E-state index is 12.9. The first-order chi connectivity index (χ1) is 11.8. The van der Waals surface area contributed by atoms with Crippen LogP contribution in [0.3, 0.4) is 0 Å². The smallest absolute Gasteiger partial charge is 0.306 e. The van der Waals surface area contributed by atoms with E-state index in [0.717, 1.165) is 12.1 Å². The summed E-state index contributed by atoms with van der Waals surface area (Å²) in [5.74, 6) is -0.0947. The molecular formula is C16H13F3N4OS. The van der Waals surface area contributed by atoms with Crippen LogP contribution in [-0.4, -0.2) is 20.7 Å². The molecule has 0 fully saturated rings. The van der Waals surface area contributed by atoms with E-state index in [1.165, 1.54) is 28.2 Å². The maximum Gasteiger partial charge on any atom is 0.416 e. The average molecular weight is 366 g/mol. The molecule has 3 rings (SSSR count). The number of benzene rings is 1. The Hall–Kier alpha value is -2.68. The number of thiazole rings is 1. The topological polar surface area (TPSA) is 59.8 Å². The quantitative estimate of drug-likeness (QED) is 0.755. The summed E-state index contributed by atoms with van der Waals surface area (Å²) in [5.41, 5.74) is 2.13. The van der Waals surface area contributed by atoms with Crippen LogP contribution < -0.4 is 5.32 Å². The first kappa shape index (κ1) is 17.2. The van der Waals surface area contributed by atoms with Crippen molar-refractivity contribution < 1.29 is 18.0 Å². The number of carbonyl (C=O) groups is 1. The highest BCUT2D eigenvalue weighted by Gasteiger charge is 2.30. The van der Waals surface area contributed by atoms with Gasteiger partial charge in [0.1, 0.15) is 10.7 Å². The van der Waals surface area contributed by atoms with E-state index in [1.54, 1.807) is 25.4 Å². The molecule has 2 aromatic heterocycles. The Morgan fingerprint density at radius 3 is 2.64 bits per heavy atom. The van der Waals surface area contributed by atoms with Gasteiger partial charge >= 0.3 is 6.18 Å². The molecule has 0 atom stereocenters. The SMILES string of the molecule is Cc1cc(NC(=O)c2scnc2C)n(-c2cccc(C(F)(F)F)c2)n1. The van der Waals surface area contributed by atoms with Gasteiger partial charge in [-0.2, -0.15) is 18.3 Å². The van der Waals surface area contributed by atoms with E-state index in [2.05, 4.69) is 15.4 Å². The summed E-state index contributed by atoms with van der Waals surface area (Å²) in [6.45, 7) is 3.40. The summed E-state index contributed by atoms with van der Waals surface area (Å²) in [4.78, 5) is 16.8. The molecule has 1 aromatic carbocycles. The van der Waals surface area contributed by atoms with E-state index in [0.29, 0.717) is 16.3 Å². The van der Waals surface area contributed by atoms with Crippen LogP contribution in [0.25, 0.3) is 5.69 Å². The van der Waals surface area contributed by atoms with Crippen LogP contribution >= 0.6 is 11.3 Å². The third kappa shape index (κ3) is 3.55. The predicted octanol–water partition coefficient (Wildman–Crippen LogP) is 4.22. The van der Waals surface area contributed by atoms with Crippen LogP contribution in [0.2, 0.25) is 0 Å². The molecule has 0 radical (unpaired) electrons. The Morgan fingerprint density at radius 1 is 1.24 bits per heavy atom. The average Bonchev–Trinajstić information content (AvgIpc) is 3.12. The van der Waals surface area contributed by atoms with Crippen molar-refractivity contribution in [2.24, 2.45) is 0 Å². The normalized spacial score (nSPS) is 11.6. The minimum Gasteiger partial charge on any atom is -0.306 e. The summed E-state index contributed by atoms with van der Waals surface area (Å²) < 4.78 is 40.1. The highest BCUT2D eigenvalue weighted by molar-refractivity contribution is 7.12. The summed E-state index contributed by atoms with van der Waals surface area (Å²) in [6.07, 6.45) is -4.46. The van der Waals surface area contributed by atoms with Gasteiger partial charge in [-0.1, -0.05) is 6.07 Å². The zero-order valence-electron chi connectivity index (χ0n) is 13.3. The molecule has 130 valence electrons. The van der Waals surface area contributed by atoms with Crippen molar-refractivity contribution in [3.8, 4) is 5.69 Å². The minimum absolute atomic E-state index is 0.208. The fourth-order valence-electron chi connectivity index (χ4n) is 2.29. The number of alkyl halides is 3. The van der Waals surface area contributed by atoms with Crippen molar-refractivity contribution in [1.29, 1.82) is 0 Å². The number of anilines is 1. The number of rotatable bonds is 3. The molecule has 25 heavy (non-hydrogen) atoms. The van der Waals surface area contributed by atoms with Crippen molar-refractivity contribution in [3.05, 3.63) is 57.7 Å². The number of nitrogens with one attached hydrogen (secondary N) is 1. The lowest BCUT2D eigenvalue weighted by Crippen LogP contribution is -2.15. The van der Waals surface area contributed by atoms with Gasteiger partial charge in [0.05, 0.1) is 28.1 Å². The summed E-state index contributed by atoms with van der Waals surface area (Å²) in [6, 6.07) is 6.36.